The highest BCUT2D eigenvalue weighted by atomic mass is 32.2. The smallest absolute Gasteiger partial charge is 0.222 e. The SMILES string of the molecule is O=C(CCNc1ccc(Oc2ccccc2)cc1)NC1CCS(=O)(=O)C1. The maximum Gasteiger partial charge on any atom is 0.222 e. The van der Waals surface area contributed by atoms with E-state index in [0.717, 1.165) is 17.2 Å². The third-order valence-electron chi connectivity index (χ3n) is 4.11. The Morgan fingerprint density at radius 1 is 1.04 bits per heavy atom. The van der Waals surface area contributed by atoms with E-state index in [4.69, 9.17) is 4.74 Å². The van der Waals surface area contributed by atoms with Gasteiger partial charge in [-0.15, -0.1) is 0 Å². The molecule has 0 radical (unpaired) electrons. The molecule has 3 rings (SSSR count). The van der Waals surface area contributed by atoms with Crippen LogP contribution in [0.3, 0.4) is 0 Å². The molecular formula is C19H22N2O4S. The molecule has 1 atom stereocenters. The van der Waals surface area contributed by atoms with Crippen molar-refractivity contribution in [2.24, 2.45) is 0 Å². The Morgan fingerprint density at radius 2 is 1.73 bits per heavy atom. The minimum absolute atomic E-state index is 0.0506. The number of carbonyl (C=O) groups excluding carboxylic acids is 1. The van der Waals surface area contributed by atoms with E-state index in [1.54, 1.807) is 0 Å². The monoisotopic (exact) mass is 374 g/mol. The van der Waals surface area contributed by atoms with Gasteiger partial charge in [-0.05, 0) is 42.8 Å². The van der Waals surface area contributed by atoms with Crippen molar-refractivity contribution in [2.45, 2.75) is 18.9 Å². The molecule has 1 heterocycles. The molecule has 2 aromatic carbocycles. The minimum Gasteiger partial charge on any atom is -0.457 e. The van der Waals surface area contributed by atoms with Crippen molar-refractivity contribution in [3.63, 3.8) is 0 Å². The summed E-state index contributed by atoms with van der Waals surface area (Å²) >= 11 is 0. The summed E-state index contributed by atoms with van der Waals surface area (Å²) in [4.78, 5) is 11.9. The lowest BCUT2D eigenvalue weighted by Gasteiger charge is -2.12. The molecule has 1 aliphatic rings. The summed E-state index contributed by atoms with van der Waals surface area (Å²) in [7, 11) is -2.97. The molecule has 1 unspecified atom stereocenters. The van der Waals surface area contributed by atoms with Gasteiger partial charge in [-0.1, -0.05) is 18.2 Å². The second-order valence-electron chi connectivity index (χ2n) is 6.28. The van der Waals surface area contributed by atoms with E-state index >= 15 is 0 Å². The van der Waals surface area contributed by atoms with Crippen LogP contribution in [-0.2, 0) is 14.6 Å². The molecule has 138 valence electrons. The van der Waals surface area contributed by atoms with Crippen molar-refractivity contribution < 1.29 is 17.9 Å². The Labute approximate surface area is 153 Å². The van der Waals surface area contributed by atoms with Gasteiger partial charge >= 0.3 is 0 Å². The quantitative estimate of drug-likeness (QED) is 0.778. The molecule has 0 saturated carbocycles. The Morgan fingerprint density at radius 3 is 2.38 bits per heavy atom. The summed E-state index contributed by atoms with van der Waals surface area (Å²) < 4.78 is 28.5. The Kier molecular flexibility index (Phi) is 5.78. The molecule has 1 saturated heterocycles. The molecule has 26 heavy (non-hydrogen) atoms. The van der Waals surface area contributed by atoms with Crippen LogP contribution < -0.4 is 15.4 Å². The topological polar surface area (TPSA) is 84.5 Å². The second kappa shape index (κ2) is 8.23. The number of rotatable bonds is 7. The fourth-order valence-electron chi connectivity index (χ4n) is 2.79. The number of ether oxygens (including phenoxy) is 1. The summed E-state index contributed by atoms with van der Waals surface area (Å²) in [5, 5.41) is 5.95. The molecule has 0 aliphatic carbocycles. The fourth-order valence-corrected chi connectivity index (χ4v) is 4.47. The van der Waals surface area contributed by atoms with Gasteiger partial charge in [-0.3, -0.25) is 4.79 Å². The molecule has 1 fully saturated rings. The van der Waals surface area contributed by atoms with E-state index in [1.807, 2.05) is 54.6 Å². The normalized spacial score (nSPS) is 18.2. The number of para-hydroxylation sites is 1. The third kappa shape index (κ3) is 5.49. The summed E-state index contributed by atoms with van der Waals surface area (Å²) in [6.45, 7) is 0.476. The highest BCUT2D eigenvalue weighted by Crippen LogP contribution is 2.22. The zero-order chi connectivity index (χ0) is 18.4. The van der Waals surface area contributed by atoms with Gasteiger partial charge in [0.15, 0.2) is 9.84 Å². The first-order valence-corrected chi connectivity index (χ1v) is 10.4. The molecule has 0 bridgehead atoms. The van der Waals surface area contributed by atoms with Gasteiger partial charge in [0.25, 0.3) is 0 Å². The summed E-state index contributed by atoms with van der Waals surface area (Å²) in [5.41, 5.74) is 0.890. The largest absolute Gasteiger partial charge is 0.457 e. The zero-order valence-corrected chi connectivity index (χ0v) is 15.2. The van der Waals surface area contributed by atoms with Crippen LogP contribution in [0.1, 0.15) is 12.8 Å². The van der Waals surface area contributed by atoms with Crippen LogP contribution in [0.4, 0.5) is 5.69 Å². The maximum atomic E-state index is 11.9. The molecule has 7 heteroatoms. The number of anilines is 1. The van der Waals surface area contributed by atoms with Crippen molar-refractivity contribution in [3.8, 4) is 11.5 Å². The standard InChI is InChI=1S/C19H22N2O4S/c22-19(21-16-11-13-26(23,24)14-16)10-12-20-15-6-8-18(9-7-15)25-17-4-2-1-3-5-17/h1-9,16,20H,10-14H2,(H,21,22). The average Bonchev–Trinajstić information content (AvgIpc) is 2.96. The van der Waals surface area contributed by atoms with Gasteiger partial charge in [0, 0.05) is 24.7 Å². The van der Waals surface area contributed by atoms with Crippen LogP contribution in [0, 0.1) is 0 Å². The van der Waals surface area contributed by atoms with Crippen LogP contribution in [0.2, 0.25) is 0 Å². The lowest BCUT2D eigenvalue weighted by atomic mass is 10.2. The molecule has 6 nitrogen and oxygen atoms in total. The van der Waals surface area contributed by atoms with Crippen molar-refractivity contribution in [1.82, 2.24) is 5.32 Å². The number of benzene rings is 2. The van der Waals surface area contributed by atoms with Crippen molar-refractivity contribution in [3.05, 3.63) is 54.6 Å². The number of amides is 1. The lowest BCUT2D eigenvalue weighted by Crippen LogP contribution is -2.36. The predicted molar refractivity (Wildman–Crippen MR) is 101 cm³/mol. The van der Waals surface area contributed by atoms with Crippen LogP contribution in [0.5, 0.6) is 11.5 Å². The molecule has 1 aliphatic heterocycles. The highest BCUT2D eigenvalue weighted by molar-refractivity contribution is 7.91. The van der Waals surface area contributed by atoms with E-state index in [2.05, 4.69) is 10.6 Å². The van der Waals surface area contributed by atoms with Crippen molar-refractivity contribution in [2.75, 3.05) is 23.4 Å². The Balaban J connectivity index is 1.40. The number of hydrogen-bond donors (Lipinski definition) is 2. The van der Waals surface area contributed by atoms with Crippen LogP contribution >= 0.6 is 0 Å². The van der Waals surface area contributed by atoms with E-state index in [-0.39, 0.29) is 23.5 Å². The number of carbonyl (C=O) groups is 1. The molecule has 0 aromatic heterocycles. The maximum absolute atomic E-state index is 11.9. The minimum atomic E-state index is -2.97. The molecule has 1 amide bonds. The third-order valence-corrected chi connectivity index (χ3v) is 5.88. The van der Waals surface area contributed by atoms with E-state index in [9.17, 15) is 13.2 Å². The van der Waals surface area contributed by atoms with Gasteiger partial charge in [0.1, 0.15) is 11.5 Å². The molecule has 0 spiro atoms. The molecule has 2 aromatic rings. The van der Waals surface area contributed by atoms with Crippen LogP contribution in [0.15, 0.2) is 54.6 Å². The lowest BCUT2D eigenvalue weighted by molar-refractivity contribution is -0.121. The van der Waals surface area contributed by atoms with Gasteiger partial charge in [-0.25, -0.2) is 8.42 Å². The number of sulfone groups is 1. The zero-order valence-electron chi connectivity index (χ0n) is 14.4. The van der Waals surface area contributed by atoms with Gasteiger partial charge < -0.3 is 15.4 Å². The van der Waals surface area contributed by atoms with Gasteiger partial charge in [-0.2, -0.15) is 0 Å². The van der Waals surface area contributed by atoms with E-state index < -0.39 is 9.84 Å². The fraction of sp³-hybridized carbons (Fsp3) is 0.316. The molecular weight excluding hydrogens is 352 g/mol. The summed E-state index contributed by atoms with van der Waals surface area (Å²) in [6, 6.07) is 16.8. The predicted octanol–water partition coefficient (Wildman–Crippen LogP) is 2.58. The first-order valence-electron chi connectivity index (χ1n) is 8.57. The van der Waals surface area contributed by atoms with Gasteiger partial charge in [0.2, 0.25) is 5.91 Å². The first-order chi connectivity index (χ1) is 12.5. The summed E-state index contributed by atoms with van der Waals surface area (Å²) in [6.07, 6.45) is 0.795. The van der Waals surface area contributed by atoms with Crippen molar-refractivity contribution in [1.29, 1.82) is 0 Å². The average molecular weight is 374 g/mol. The van der Waals surface area contributed by atoms with Crippen molar-refractivity contribution >= 4 is 21.4 Å². The highest BCUT2D eigenvalue weighted by Gasteiger charge is 2.28. The Bertz CT molecular complexity index is 836. The number of hydrogen-bond acceptors (Lipinski definition) is 5. The van der Waals surface area contributed by atoms with E-state index in [1.165, 1.54) is 0 Å². The van der Waals surface area contributed by atoms with Gasteiger partial charge in [0.05, 0.1) is 11.5 Å². The second-order valence-corrected chi connectivity index (χ2v) is 8.51. The Hall–Kier alpha value is -2.54. The number of nitrogens with one attached hydrogen (secondary N) is 2. The molecule has 2 N–H and O–H groups in total. The van der Waals surface area contributed by atoms with E-state index in [0.29, 0.717) is 19.4 Å². The van der Waals surface area contributed by atoms with Crippen LogP contribution in [0.25, 0.3) is 0 Å². The van der Waals surface area contributed by atoms with Crippen LogP contribution in [-0.4, -0.2) is 38.4 Å². The first kappa shape index (κ1) is 18.3. The summed E-state index contributed by atoms with van der Waals surface area (Å²) in [5.74, 6) is 1.59.